The molecule has 9 nitrogen and oxygen atoms in total. The van der Waals surface area contributed by atoms with Crippen molar-refractivity contribution < 1.29 is 22.8 Å². The van der Waals surface area contributed by atoms with Gasteiger partial charge in [-0.05, 0) is 0 Å². The first kappa shape index (κ1) is 13.1. The van der Waals surface area contributed by atoms with E-state index in [0.29, 0.717) is 0 Å². The van der Waals surface area contributed by atoms with Crippen LogP contribution in [0.25, 0.3) is 0 Å². The topological polar surface area (TPSA) is 127 Å². The third-order valence-corrected chi connectivity index (χ3v) is 3.50. The van der Waals surface area contributed by atoms with Crippen LogP contribution < -0.4 is 4.72 Å². The highest BCUT2D eigenvalue weighted by atomic mass is 32.2. The zero-order valence-electron chi connectivity index (χ0n) is 9.55. The molecule has 2 aromatic heterocycles. The summed E-state index contributed by atoms with van der Waals surface area (Å²) < 4.78 is 31.8. The van der Waals surface area contributed by atoms with Crippen molar-refractivity contribution >= 4 is 21.7 Å². The lowest BCUT2D eigenvalue weighted by Gasteiger charge is -2.01. The summed E-state index contributed by atoms with van der Waals surface area (Å²) >= 11 is 0. The van der Waals surface area contributed by atoms with E-state index in [9.17, 15) is 13.2 Å². The third-order valence-electron chi connectivity index (χ3n) is 2.16. The number of aromatic nitrogens is 3. The maximum atomic E-state index is 11.9. The molecule has 2 heterocycles. The van der Waals surface area contributed by atoms with Gasteiger partial charge in [-0.15, -0.1) is 0 Å². The fourth-order valence-electron chi connectivity index (χ4n) is 1.29. The van der Waals surface area contributed by atoms with Crippen molar-refractivity contribution in [2.75, 3.05) is 4.72 Å². The van der Waals surface area contributed by atoms with Crippen LogP contribution in [0.3, 0.4) is 0 Å². The summed E-state index contributed by atoms with van der Waals surface area (Å²) in [6.45, 7) is 0.0954. The van der Waals surface area contributed by atoms with Crippen LogP contribution in [-0.2, 0) is 21.4 Å². The van der Waals surface area contributed by atoms with E-state index in [1.165, 1.54) is 17.1 Å². The van der Waals surface area contributed by atoms with Gasteiger partial charge in [0.2, 0.25) is 0 Å². The van der Waals surface area contributed by atoms with E-state index in [2.05, 4.69) is 19.5 Å². The minimum atomic E-state index is -3.78. The van der Waals surface area contributed by atoms with Gasteiger partial charge in [0.15, 0.2) is 0 Å². The van der Waals surface area contributed by atoms with Crippen molar-refractivity contribution in [1.82, 2.24) is 14.9 Å². The van der Waals surface area contributed by atoms with Crippen LogP contribution in [0.2, 0.25) is 0 Å². The Bertz CT molecular complexity index is 661. The van der Waals surface area contributed by atoms with Crippen molar-refractivity contribution in [2.24, 2.45) is 0 Å². The molecule has 0 saturated heterocycles. The third kappa shape index (κ3) is 3.31. The number of carbonyl (C=O) groups is 1. The Labute approximate surface area is 107 Å². The van der Waals surface area contributed by atoms with Crippen LogP contribution in [0.4, 0.5) is 5.69 Å². The van der Waals surface area contributed by atoms with E-state index < -0.39 is 16.0 Å². The molecular weight excluding hydrogens is 276 g/mol. The quantitative estimate of drug-likeness (QED) is 0.773. The van der Waals surface area contributed by atoms with Gasteiger partial charge in [0.1, 0.15) is 16.8 Å². The first-order chi connectivity index (χ1) is 8.97. The van der Waals surface area contributed by atoms with E-state index in [0.717, 1.165) is 12.5 Å². The van der Waals surface area contributed by atoms with Gasteiger partial charge in [0.25, 0.3) is 10.0 Å². The second kappa shape index (κ2) is 5.10. The van der Waals surface area contributed by atoms with Crippen LogP contribution in [-0.4, -0.2) is 34.4 Å². The molecule has 0 amide bonds. The number of hydrogen-bond acceptors (Lipinski definition) is 6. The van der Waals surface area contributed by atoms with Gasteiger partial charge in [-0.2, -0.15) is 5.10 Å². The average Bonchev–Trinajstić information content (AvgIpc) is 2.96. The summed E-state index contributed by atoms with van der Waals surface area (Å²) in [7, 11) is -3.78. The highest BCUT2D eigenvalue weighted by molar-refractivity contribution is 7.92. The number of carboxylic acids is 1. The lowest BCUT2D eigenvalue weighted by molar-refractivity contribution is -0.137. The molecule has 10 heteroatoms. The molecule has 2 aromatic rings. The Hall–Kier alpha value is -2.36. The van der Waals surface area contributed by atoms with Crippen LogP contribution in [0.5, 0.6) is 0 Å². The summed E-state index contributed by atoms with van der Waals surface area (Å²) in [6, 6.07) is 0. The summed E-state index contributed by atoms with van der Waals surface area (Å²) in [5.41, 5.74) is 0.193. The average molecular weight is 286 g/mol. The molecule has 0 bridgehead atoms. The predicted octanol–water partition coefficient (Wildman–Crippen LogP) is 0.147. The Morgan fingerprint density at radius 2 is 2.26 bits per heavy atom. The van der Waals surface area contributed by atoms with Crippen LogP contribution in [0, 0.1) is 0 Å². The van der Waals surface area contributed by atoms with Crippen molar-refractivity contribution in [3.05, 3.63) is 24.9 Å². The zero-order valence-corrected chi connectivity index (χ0v) is 10.4. The van der Waals surface area contributed by atoms with Crippen LogP contribution in [0.1, 0.15) is 6.42 Å². The van der Waals surface area contributed by atoms with Crippen LogP contribution in [0.15, 0.2) is 34.3 Å². The second-order valence-electron chi connectivity index (χ2n) is 3.60. The van der Waals surface area contributed by atoms with E-state index in [4.69, 9.17) is 5.11 Å². The fraction of sp³-hybridized carbons (Fsp3) is 0.222. The molecular formula is C9H10N4O5S. The Morgan fingerprint density at radius 3 is 2.89 bits per heavy atom. The summed E-state index contributed by atoms with van der Waals surface area (Å²) in [5, 5.41) is 15.7. The lowest BCUT2D eigenvalue weighted by Crippen LogP contribution is -2.12. The molecule has 0 spiro atoms. The Kier molecular flexibility index (Phi) is 3.51. The number of carboxylic acid groups (broad SMARTS) is 1. The number of nitrogens with one attached hydrogen (secondary N) is 1. The van der Waals surface area contributed by atoms with Gasteiger partial charge in [0.05, 0.1) is 25.4 Å². The number of aliphatic carboxylic acids is 1. The predicted molar refractivity (Wildman–Crippen MR) is 61.8 cm³/mol. The maximum absolute atomic E-state index is 11.9. The van der Waals surface area contributed by atoms with Crippen LogP contribution >= 0.6 is 0 Å². The van der Waals surface area contributed by atoms with E-state index in [-0.39, 0.29) is 23.5 Å². The molecule has 0 aliphatic rings. The standard InChI is InChI=1S/C9H10N4O5S/c14-9(15)1-2-13-5-8(4-10-13)19(16,17)12-7-3-11-18-6-7/h3-6,12H,1-2H2,(H,14,15). The van der Waals surface area contributed by atoms with Crippen molar-refractivity contribution in [2.45, 2.75) is 17.9 Å². The van der Waals surface area contributed by atoms with Gasteiger partial charge in [-0.1, -0.05) is 5.16 Å². The van der Waals surface area contributed by atoms with Crippen molar-refractivity contribution in [1.29, 1.82) is 0 Å². The highest BCUT2D eigenvalue weighted by Crippen LogP contribution is 2.14. The number of hydrogen-bond donors (Lipinski definition) is 2. The molecule has 0 unspecified atom stereocenters. The smallest absolute Gasteiger partial charge is 0.305 e. The molecule has 0 aliphatic heterocycles. The molecule has 2 N–H and O–H groups in total. The Balaban J connectivity index is 2.10. The SMILES string of the molecule is O=C(O)CCn1cc(S(=O)(=O)Nc2cnoc2)cn1. The summed E-state index contributed by atoms with van der Waals surface area (Å²) in [4.78, 5) is 10.3. The molecule has 19 heavy (non-hydrogen) atoms. The minimum absolute atomic E-state index is 0.0703. The molecule has 0 aliphatic carbocycles. The molecule has 2 rings (SSSR count). The molecule has 0 atom stereocenters. The Morgan fingerprint density at radius 1 is 1.47 bits per heavy atom. The lowest BCUT2D eigenvalue weighted by atomic mass is 10.4. The maximum Gasteiger partial charge on any atom is 0.305 e. The second-order valence-corrected chi connectivity index (χ2v) is 5.28. The molecule has 0 fully saturated rings. The number of nitrogens with zero attached hydrogens (tertiary/aromatic N) is 3. The summed E-state index contributed by atoms with van der Waals surface area (Å²) in [5.74, 6) is -0.984. The van der Waals surface area contributed by atoms with Gasteiger partial charge >= 0.3 is 5.97 Å². The fourth-order valence-corrected chi connectivity index (χ4v) is 2.26. The molecule has 0 aromatic carbocycles. The van der Waals surface area contributed by atoms with E-state index in [1.807, 2.05) is 0 Å². The minimum Gasteiger partial charge on any atom is -0.481 e. The number of anilines is 1. The first-order valence-electron chi connectivity index (χ1n) is 5.14. The van der Waals surface area contributed by atoms with E-state index in [1.54, 1.807) is 0 Å². The number of rotatable bonds is 6. The van der Waals surface area contributed by atoms with Gasteiger partial charge < -0.3 is 9.63 Å². The summed E-state index contributed by atoms with van der Waals surface area (Å²) in [6.07, 6.45) is 4.61. The van der Waals surface area contributed by atoms with E-state index >= 15 is 0 Å². The normalized spacial score (nSPS) is 11.4. The molecule has 0 radical (unpaired) electrons. The van der Waals surface area contributed by atoms with Crippen molar-refractivity contribution in [3.63, 3.8) is 0 Å². The number of aryl methyl sites for hydroxylation is 1. The largest absolute Gasteiger partial charge is 0.481 e. The van der Waals surface area contributed by atoms with Gasteiger partial charge in [0, 0.05) is 6.20 Å². The van der Waals surface area contributed by atoms with Gasteiger partial charge in [-0.3, -0.25) is 14.2 Å². The zero-order chi connectivity index (χ0) is 13.9. The number of sulfonamides is 1. The highest BCUT2D eigenvalue weighted by Gasteiger charge is 2.17. The molecule has 102 valence electrons. The van der Waals surface area contributed by atoms with Gasteiger partial charge in [-0.25, -0.2) is 8.42 Å². The monoisotopic (exact) mass is 286 g/mol. The van der Waals surface area contributed by atoms with Crippen molar-refractivity contribution in [3.8, 4) is 0 Å². The molecule has 0 saturated carbocycles. The first-order valence-corrected chi connectivity index (χ1v) is 6.62.